The first-order valence-electron chi connectivity index (χ1n) is 6.99. The van der Waals surface area contributed by atoms with Crippen LogP contribution in [0.3, 0.4) is 0 Å². The molecule has 1 aliphatic rings. The molecule has 0 spiro atoms. The van der Waals surface area contributed by atoms with Crippen molar-refractivity contribution in [3.63, 3.8) is 0 Å². The largest absolute Gasteiger partial charge is 0.395 e. The van der Waals surface area contributed by atoms with Gasteiger partial charge in [-0.15, -0.1) is 0 Å². The summed E-state index contributed by atoms with van der Waals surface area (Å²) < 4.78 is 28.3. The normalized spacial score (nSPS) is 18.4. The van der Waals surface area contributed by atoms with Gasteiger partial charge in [-0.25, -0.2) is 8.78 Å². The van der Waals surface area contributed by atoms with Crippen LogP contribution in [0.4, 0.5) is 8.78 Å². The third-order valence-electron chi connectivity index (χ3n) is 4.18. The van der Waals surface area contributed by atoms with Crippen molar-refractivity contribution in [2.45, 2.75) is 50.9 Å². The first kappa shape index (κ1) is 14.4. The number of alkyl halides is 2. The fraction of sp³-hybridized carbons (Fsp3) is 0.625. The third-order valence-corrected chi connectivity index (χ3v) is 4.18. The molecule has 0 saturated heterocycles. The number of rotatable bonds is 5. The fourth-order valence-electron chi connectivity index (χ4n) is 2.85. The molecule has 0 atom stereocenters. The molecule has 1 aromatic rings. The van der Waals surface area contributed by atoms with E-state index in [4.69, 9.17) is 0 Å². The molecule has 1 aliphatic carbocycles. The van der Waals surface area contributed by atoms with E-state index in [1.807, 2.05) is 6.07 Å². The van der Waals surface area contributed by atoms with Gasteiger partial charge in [-0.2, -0.15) is 0 Å². The van der Waals surface area contributed by atoms with Gasteiger partial charge in [0.15, 0.2) is 0 Å². The lowest BCUT2D eigenvalue weighted by molar-refractivity contribution is -0.0252. The second-order valence-corrected chi connectivity index (χ2v) is 6.18. The Hall–Kier alpha value is -0.960. The molecule has 0 amide bonds. The molecule has 106 valence electrons. The molecular weight excluding hydrogens is 246 g/mol. The molecule has 0 heterocycles. The molecule has 0 unspecified atom stereocenters. The van der Waals surface area contributed by atoms with Gasteiger partial charge in [0.25, 0.3) is 5.92 Å². The van der Waals surface area contributed by atoms with E-state index in [2.05, 4.69) is 0 Å². The number of benzene rings is 1. The van der Waals surface area contributed by atoms with Gasteiger partial charge in [0.05, 0.1) is 6.61 Å². The van der Waals surface area contributed by atoms with Crippen LogP contribution in [0.2, 0.25) is 0 Å². The monoisotopic (exact) mass is 268 g/mol. The zero-order valence-corrected chi connectivity index (χ0v) is 11.6. The Kier molecular flexibility index (Phi) is 3.95. The molecule has 2 rings (SSSR count). The van der Waals surface area contributed by atoms with Gasteiger partial charge in [0, 0.05) is 17.4 Å². The summed E-state index contributed by atoms with van der Waals surface area (Å²) in [7, 11) is 0. The average molecular weight is 268 g/mol. The zero-order valence-electron chi connectivity index (χ0n) is 11.6. The minimum Gasteiger partial charge on any atom is -0.395 e. The molecule has 0 aliphatic heterocycles. The minimum atomic E-state index is -2.79. The topological polar surface area (TPSA) is 20.2 Å². The number of aliphatic hydroxyl groups is 1. The van der Waals surface area contributed by atoms with Crippen LogP contribution in [-0.2, 0) is 11.3 Å². The van der Waals surface area contributed by atoms with Crippen molar-refractivity contribution in [3.8, 4) is 0 Å². The summed E-state index contributed by atoms with van der Waals surface area (Å²) in [5, 5.41) is 9.54. The maximum Gasteiger partial charge on any atom is 0.273 e. The van der Waals surface area contributed by atoms with Crippen molar-refractivity contribution in [1.82, 2.24) is 0 Å². The van der Waals surface area contributed by atoms with Gasteiger partial charge in [-0.3, -0.25) is 0 Å². The maximum atomic E-state index is 14.1. The van der Waals surface area contributed by atoms with Crippen molar-refractivity contribution in [2.24, 2.45) is 5.92 Å². The van der Waals surface area contributed by atoms with E-state index in [9.17, 15) is 13.9 Å². The van der Waals surface area contributed by atoms with Crippen molar-refractivity contribution >= 4 is 0 Å². The molecule has 1 saturated carbocycles. The number of hydrogen-bond acceptors (Lipinski definition) is 1. The summed E-state index contributed by atoms with van der Waals surface area (Å²) in [6.07, 6.45) is 2.71. The Labute approximate surface area is 113 Å². The molecule has 1 N–H and O–H groups in total. The van der Waals surface area contributed by atoms with E-state index < -0.39 is 5.92 Å². The van der Waals surface area contributed by atoms with E-state index >= 15 is 0 Å². The number of aliphatic hydroxyl groups excluding tert-OH is 1. The number of halogens is 2. The molecular formula is C16H22F2O. The third kappa shape index (κ3) is 2.81. The van der Waals surface area contributed by atoms with E-state index in [0.717, 1.165) is 24.8 Å². The summed E-state index contributed by atoms with van der Waals surface area (Å²) in [6.45, 7) is 3.66. The maximum absolute atomic E-state index is 14.1. The van der Waals surface area contributed by atoms with Gasteiger partial charge < -0.3 is 5.11 Å². The summed E-state index contributed by atoms with van der Waals surface area (Å²) in [4.78, 5) is 0. The summed E-state index contributed by atoms with van der Waals surface area (Å²) in [6, 6.07) is 6.65. The smallest absolute Gasteiger partial charge is 0.273 e. The zero-order chi connectivity index (χ0) is 14.1. The van der Waals surface area contributed by atoms with Crippen LogP contribution in [0.5, 0.6) is 0 Å². The predicted molar refractivity (Wildman–Crippen MR) is 72.4 cm³/mol. The van der Waals surface area contributed by atoms with Gasteiger partial charge in [-0.05, 0) is 30.4 Å². The van der Waals surface area contributed by atoms with Crippen LogP contribution in [0.15, 0.2) is 24.3 Å². The lowest BCUT2D eigenvalue weighted by Gasteiger charge is -2.41. The first-order valence-corrected chi connectivity index (χ1v) is 6.99. The van der Waals surface area contributed by atoms with Gasteiger partial charge in [-0.1, -0.05) is 38.5 Å². The van der Waals surface area contributed by atoms with Crippen LogP contribution >= 0.6 is 0 Å². The van der Waals surface area contributed by atoms with E-state index in [1.54, 1.807) is 26.0 Å². The van der Waals surface area contributed by atoms with E-state index in [1.165, 1.54) is 6.07 Å². The molecule has 1 nitrogen and oxygen atoms in total. The Balaban J connectivity index is 2.29. The highest BCUT2D eigenvalue weighted by Crippen LogP contribution is 2.45. The van der Waals surface area contributed by atoms with Crippen LogP contribution in [-0.4, -0.2) is 11.7 Å². The first-order chi connectivity index (χ1) is 8.89. The summed E-state index contributed by atoms with van der Waals surface area (Å²) >= 11 is 0. The van der Waals surface area contributed by atoms with Gasteiger partial charge >= 0.3 is 0 Å². The molecule has 1 aromatic carbocycles. The Morgan fingerprint density at radius 1 is 1.32 bits per heavy atom. The van der Waals surface area contributed by atoms with Crippen LogP contribution in [0.25, 0.3) is 0 Å². The summed E-state index contributed by atoms with van der Waals surface area (Å²) in [5.74, 6) is -2.83. The highest BCUT2D eigenvalue weighted by atomic mass is 19.3. The Bertz CT molecular complexity index is 431. The quantitative estimate of drug-likeness (QED) is 0.847. The van der Waals surface area contributed by atoms with Crippen molar-refractivity contribution < 1.29 is 13.9 Å². The fourth-order valence-corrected chi connectivity index (χ4v) is 2.85. The van der Waals surface area contributed by atoms with Crippen LogP contribution in [0, 0.1) is 5.92 Å². The predicted octanol–water partition coefficient (Wildman–Crippen LogP) is 4.24. The Morgan fingerprint density at radius 3 is 2.47 bits per heavy atom. The van der Waals surface area contributed by atoms with Crippen molar-refractivity contribution in [1.29, 1.82) is 0 Å². The molecule has 0 radical (unpaired) electrons. The average Bonchev–Trinajstić information content (AvgIpc) is 2.27. The van der Waals surface area contributed by atoms with Crippen molar-refractivity contribution in [3.05, 3.63) is 35.4 Å². The van der Waals surface area contributed by atoms with Gasteiger partial charge in [0.1, 0.15) is 0 Å². The van der Waals surface area contributed by atoms with Crippen LogP contribution in [0.1, 0.15) is 50.7 Å². The van der Waals surface area contributed by atoms with E-state index in [-0.39, 0.29) is 29.9 Å². The van der Waals surface area contributed by atoms with Crippen LogP contribution < -0.4 is 0 Å². The number of hydrogen-bond donors (Lipinski definition) is 1. The lowest BCUT2D eigenvalue weighted by atomic mass is 9.65. The highest BCUT2D eigenvalue weighted by Gasteiger charge is 2.40. The minimum absolute atomic E-state index is 0.0471. The highest BCUT2D eigenvalue weighted by molar-refractivity contribution is 5.34. The molecule has 19 heavy (non-hydrogen) atoms. The summed E-state index contributed by atoms with van der Waals surface area (Å²) in [5.41, 5.74) is 0.671. The standard InChI is InChI=1S/C16H22F2O/c1-12(2)10-16(17,18)14-6-3-5-13(9-14)15(11-19)7-4-8-15/h3,5-6,9,12,19H,4,7-8,10-11H2,1-2H3. The lowest BCUT2D eigenvalue weighted by Crippen LogP contribution is -2.38. The SMILES string of the molecule is CC(C)CC(F)(F)c1cccc(C2(CO)CCC2)c1. The molecule has 3 heteroatoms. The molecule has 1 fully saturated rings. The molecule has 0 bridgehead atoms. The molecule has 0 aromatic heterocycles. The van der Waals surface area contributed by atoms with Gasteiger partial charge in [0.2, 0.25) is 0 Å². The van der Waals surface area contributed by atoms with E-state index in [0.29, 0.717) is 0 Å². The van der Waals surface area contributed by atoms with Crippen molar-refractivity contribution in [2.75, 3.05) is 6.61 Å². The Morgan fingerprint density at radius 2 is 2.00 bits per heavy atom. The second kappa shape index (κ2) is 5.20. The second-order valence-electron chi connectivity index (χ2n) is 6.18.